The second kappa shape index (κ2) is 9.82. The van der Waals surface area contributed by atoms with Gasteiger partial charge in [0.2, 0.25) is 11.8 Å². The Bertz CT molecular complexity index is 1640. The van der Waals surface area contributed by atoms with Crippen LogP contribution in [0.3, 0.4) is 0 Å². The van der Waals surface area contributed by atoms with Crippen LogP contribution in [0.15, 0.2) is 73.7 Å². The summed E-state index contributed by atoms with van der Waals surface area (Å²) >= 11 is 13.0. The Labute approximate surface area is 251 Å². The van der Waals surface area contributed by atoms with Crippen LogP contribution in [0.5, 0.6) is 11.5 Å². The first-order valence-electron chi connectivity index (χ1n) is 12.6. The van der Waals surface area contributed by atoms with Gasteiger partial charge in [-0.1, -0.05) is 23.3 Å². The number of phenolic OH excluding ortho intramolecular Hbond substituents is 1. The summed E-state index contributed by atoms with van der Waals surface area (Å²) in [5, 5.41) is 11.1. The minimum Gasteiger partial charge on any atom is -0.503 e. The van der Waals surface area contributed by atoms with Gasteiger partial charge in [0.05, 0.1) is 29.1 Å². The monoisotopic (exact) mass is 685 g/mol. The molecule has 40 heavy (non-hydrogen) atoms. The molecule has 0 saturated carbocycles. The van der Waals surface area contributed by atoms with Gasteiger partial charge in [0.1, 0.15) is 0 Å². The quantitative estimate of drug-likeness (QED) is 0.234. The fourth-order valence-corrected chi connectivity index (χ4v) is 7.62. The molecule has 6 rings (SSSR count). The van der Waals surface area contributed by atoms with Crippen LogP contribution in [-0.4, -0.2) is 35.6 Å². The van der Waals surface area contributed by atoms with E-state index in [4.69, 9.17) is 16.3 Å². The van der Waals surface area contributed by atoms with Crippen LogP contribution in [-0.2, 0) is 19.2 Å². The number of ether oxygens (including phenoxy) is 1. The number of nitrogens with zero attached hydrogens (tertiary/aromatic N) is 1. The van der Waals surface area contributed by atoms with Gasteiger partial charge < -0.3 is 9.84 Å². The number of hydrogen-bond acceptors (Lipinski definition) is 6. The van der Waals surface area contributed by atoms with Crippen LogP contribution < -0.4 is 9.64 Å². The number of aromatic hydroxyl groups is 1. The van der Waals surface area contributed by atoms with E-state index in [2.05, 4.69) is 31.9 Å². The molecule has 0 aromatic heterocycles. The Balaban J connectivity index is 1.53. The Hall–Kier alpha value is -3.01. The lowest BCUT2D eigenvalue weighted by Crippen LogP contribution is -2.40. The SMILES string of the molecule is COc1cc(C2C3=CCC4C(=O)N(c5ccc(Cl)cc5)C(=O)C4C3CC3=C2C(=O)C(C)=CC3=O)c(Br)c(Br)c1O. The fourth-order valence-electron chi connectivity index (χ4n) is 6.54. The van der Waals surface area contributed by atoms with Crippen molar-refractivity contribution < 1.29 is 29.0 Å². The maximum atomic E-state index is 14.0. The third-order valence-electron chi connectivity index (χ3n) is 8.35. The molecule has 0 radical (unpaired) electrons. The molecule has 2 aromatic rings. The second-order valence-corrected chi connectivity index (χ2v) is 12.4. The zero-order chi connectivity index (χ0) is 28.6. The van der Waals surface area contributed by atoms with Crippen molar-refractivity contribution in [1.29, 1.82) is 0 Å². The molecule has 2 aromatic carbocycles. The van der Waals surface area contributed by atoms with E-state index in [0.29, 0.717) is 48.4 Å². The third kappa shape index (κ3) is 3.89. The van der Waals surface area contributed by atoms with Crippen molar-refractivity contribution in [3.8, 4) is 11.5 Å². The lowest BCUT2D eigenvalue weighted by Gasteiger charge is -2.42. The van der Waals surface area contributed by atoms with Crippen molar-refractivity contribution in [1.82, 2.24) is 0 Å². The topological polar surface area (TPSA) is 101 Å². The molecule has 10 heteroatoms. The van der Waals surface area contributed by atoms with Crippen molar-refractivity contribution in [2.24, 2.45) is 17.8 Å². The first-order chi connectivity index (χ1) is 19.0. The summed E-state index contributed by atoms with van der Waals surface area (Å²) in [6.07, 6.45) is 3.78. The minimum absolute atomic E-state index is 0.116. The molecule has 4 unspecified atom stereocenters. The number of Topliss-reactive ketones (excluding diaryl/α,β-unsaturated/α-hetero) is 1. The Kier molecular flexibility index (Phi) is 6.67. The summed E-state index contributed by atoms with van der Waals surface area (Å²) in [7, 11) is 1.42. The molecular weight excluding hydrogens is 666 g/mol. The van der Waals surface area contributed by atoms with Gasteiger partial charge in [0.15, 0.2) is 23.1 Å². The average Bonchev–Trinajstić information content (AvgIpc) is 3.20. The Morgan fingerprint density at radius 2 is 1.73 bits per heavy atom. The van der Waals surface area contributed by atoms with Gasteiger partial charge in [0.25, 0.3) is 0 Å². The number of methoxy groups -OCH3 is 1. The highest BCUT2D eigenvalue weighted by molar-refractivity contribution is 9.13. The van der Waals surface area contributed by atoms with Crippen molar-refractivity contribution in [2.75, 3.05) is 12.0 Å². The predicted octanol–water partition coefficient (Wildman–Crippen LogP) is 6.21. The van der Waals surface area contributed by atoms with E-state index in [9.17, 15) is 24.3 Å². The van der Waals surface area contributed by atoms with Crippen LogP contribution >= 0.6 is 43.5 Å². The van der Waals surface area contributed by atoms with Gasteiger partial charge in [-0.2, -0.15) is 0 Å². The maximum Gasteiger partial charge on any atom is 0.238 e. The van der Waals surface area contributed by atoms with E-state index in [0.717, 1.165) is 5.57 Å². The molecule has 4 aliphatic rings. The van der Waals surface area contributed by atoms with Crippen LogP contribution in [0.2, 0.25) is 5.02 Å². The lowest BCUT2D eigenvalue weighted by molar-refractivity contribution is -0.123. The fraction of sp³-hybridized carbons (Fsp3) is 0.267. The minimum atomic E-state index is -0.698. The van der Waals surface area contributed by atoms with E-state index in [1.165, 1.54) is 18.1 Å². The van der Waals surface area contributed by atoms with E-state index in [1.54, 1.807) is 37.3 Å². The van der Waals surface area contributed by atoms with Crippen LogP contribution in [0.1, 0.15) is 31.2 Å². The van der Waals surface area contributed by atoms with Crippen molar-refractivity contribution >= 4 is 72.5 Å². The molecule has 204 valence electrons. The number of phenols is 1. The van der Waals surface area contributed by atoms with Gasteiger partial charge in [0, 0.05) is 32.1 Å². The first-order valence-corrected chi connectivity index (χ1v) is 14.6. The molecule has 1 fully saturated rings. The second-order valence-electron chi connectivity index (χ2n) is 10.4. The number of rotatable bonds is 3. The van der Waals surface area contributed by atoms with Crippen LogP contribution in [0, 0.1) is 17.8 Å². The van der Waals surface area contributed by atoms with E-state index in [1.807, 2.05) is 6.08 Å². The summed E-state index contributed by atoms with van der Waals surface area (Å²) in [6.45, 7) is 1.62. The summed E-state index contributed by atoms with van der Waals surface area (Å²) < 4.78 is 6.24. The number of imide groups is 1. The van der Waals surface area contributed by atoms with Gasteiger partial charge in [-0.05, 0) is 99.5 Å². The smallest absolute Gasteiger partial charge is 0.238 e. The van der Waals surface area contributed by atoms with Gasteiger partial charge in [-0.3, -0.25) is 24.1 Å². The van der Waals surface area contributed by atoms with Crippen molar-refractivity contribution in [3.05, 3.63) is 84.3 Å². The van der Waals surface area contributed by atoms with Gasteiger partial charge in [-0.15, -0.1) is 0 Å². The molecule has 1 heterocycles. The summed E-state index contributed by atoms with van der Waals surface area (Å²) in [6, 6.07) is 8.18. The molecule has 4 atom stereocenters. The zero-order valence-corrected chi connectivity index (χ0v) is 25.3. The highest BCUT2D eigenvalue weighted by Crippen LogP contribution is 2.57. The van der Waals surface area contributed by atoms with E-state index < -0.39 is 23.7 Å². The van der Waals surface area contributed by atoms with Crippen LogP contribution in [0.25, 0.3) is 0 Å². The van der Waals surface area contributed by atoms with Crippen molar-refractivity contribution in [2.45, 2.75) is 25.7 Å². The number of halogens is 3. The largest absolute Gasteiger partial charge is 0.503 e. The lowest BCUT2D eigenvalue weighted by atomic mass is 9.59. The Morgan fingerprint density at radius 3 is 2.40 bits per heavy atom. The number of carbonyl (C=O) groups is 4. The zero-order valence-electron chi connectivity index (χ0n) is 21.3. The van der Waals surface area contributed by atoms with Crippen LogP contribution in [0.4, 0.5) is 5.69 Å². The average molecular weight is 688 g/mol. The van der Waals surface area contributed by atoms with Gasteiger partial charge in [-0.25, -0.2) is 0 Å². The Morgan fingerprint density at radius 1 is 1.02 bits per heavy atom. The highest BCUT2D eigenvalue weighted by Gasteiger charge is 2.56. The number of anilines is 1. The van der Waals surface area contributed by atoms with E-state index >= 15 is 0 Å². The summed E-state index contributed by atoms with van der Waals surface area (Å²) in [5.41, 5.74) is 2.89. The van der Waals surface area contributed by atoms with Crippen molar-refractivity contribution in [3.63, 3.8) is 0 Å². The van der Waals surface area contributed by atoms with Gasteiger partial charge >= 0.3 is 0 Å². The number of benzene rings is 2. The standard InChI is InChI=1S/C30H22Br2ClNO6/c1-12-9-20(35)18-10-17-15(22(24(18)27(12)36)19-11-21(40-2)28(37)26(32)25(19)31)7-8-16-23(17)30(39)34(29(16)38)14-5-3-13(33)4-6-14/h3-7,9,11,16-17,22-23,37H,8,10H2,1-2H3. The number of fused-ring (bicyclic) bond motifs is 3. The third-order valence-corrected chi connectivity index (χ3v) is 10.8. The summed E-state index contributed by atoms with van der Waals surface area (Å²) in [5.74, 6) is -3.53. The maximum absolute atomic E-state index is 14.0. The number of ketones is 2. The molecule has 2 amide bonds. The summed E-state index contributed by atoms with van der Waals surface area (Å²) in [4.78, 5) is 55.7. The molecule has 1 aliphatic heterocycles. The predicted molar refractivity (Wildman–Crippen MR) is 155 cm³/mol. The number of hydrogen-bond donors (Lipinski definition) is 1. The molecule has 0 bridgehead atoms. The number of carbonyl (C=O) groups excluding carboxylic acids is 4. The highest BCUT2D eigenvalue weighted by atomic mass is 79.9. The molecule has 1 saturated heterocycles. The molecule has 3 aliphatic carbocycles. The first kappa shape index (κ1) is 27.2. The molecular formula is C30H22Br2ClNO6. The molecule has 7 nitrogen and oxygen atoms in total. The molecule has 0 spiro atoms. The number of allylic oxidation sites excluding steroid dienone is 6. The molecule has 1 N–H and O–H groups in total. The number of amides is 2. The van der Waals surface area contributed by atoms with E-state index in [-0.39, 0.29) is 41.3 Å². The normalized spacial score (nSPS) is 25.9.